The molecule has 0 saturated carbocycles. The molecule has 0 bridgehead atoms. The Balaban J connectivity index is 2.84. The van der Waals surface area contributed by atoms with Crippen LogP contribution in [0.25, 0.3) is 0 Å². The van der Waals surface area contributed by atoms with Crippen LogP contribution in [0.15, 0.2) is 24.3 Å². The fourth-order valence-corrected chi connectivity index (χ4v) is 1.34. The molecule has 0 aliphatic rings. The minimum absolute atomic E-state index is 0.389. The van der Waals surface area contributed by atoms with Crippen molar-refractivity contribution in [1.29, 1.82) is 0 Å². The highest BCUT2D eigenvalue weighted by atomic mass is 127. The molecule has 14 heavy (non-hydrogen) atoms. The van der Waals surface area contributed by atoms with Crippen LogP contribution in [-0.2, 0) is 4.79 Å². The number of carbonyl (C=O) groups is 1. The Kier molecular flexibility index (Phi) is 3.85. The van der Waals surface area contributed by atoms with Gasteiger partial charge in [0.1, 0.15) is 6.10 Å². The van der Waals surface area contributed by atoms with E-state index in [0.29, 0.717) is 5.56 Å². The summed E-state index contributed by atoms with van der Waals surface area (Å²) < 4.78 is 0.975. The van der Waals surface area contributed by atoms with Crippen LogP contribution in [0.4, 0.5) is 0 Å². The summed E-state index contributed by atoms with van der Waals surface area (Å²) in [7, 11) is 0. The Bertz CT molecular complexity index is 322. The molecule has 2 unspecified atom stereocenters. The number of carboxylic acid groups (broad SMARTS) is 1. The third kappa shape index (κ3) is 2.66. The average Bonchev–Trinajstić information content (AvgIpc) is 2.16. The van der Waals surface area contributed by atoms with Gasteiger partial charge in [-0.05, 0) is 40.3 Å². The maximum atomic E-state index is 10.4. The standard InChI is InChI=1S/C9H9IO4/c10-6-3-1-5(2-4-6)7(11)8(12)9(13)14/h1-4,7-8,11-12H,(H,13,14). The van der Waals surface area contributed by atoms with Crippen molar-refractivity contribution in [1.82, 2.24) is 0 Å². The van der Waals surface area contributed by atoms with E-state index in [1.54, 1.807) is 24.3 Å². The molecule has 1 aromatic rings. The molecule has 1 aromatic carbocycles. The lowest BCUT2D eigenvalue weighted by atomic mass is 10.1. The number of hydrogen-bond acceptors (Lipinski definition) is 3. The summed E-state index contributed by atoms with van der Waals surface area (Å²) in [5.74, 6) is -1.43. The molecule has 76 valence electrons. The Hall–Kier alpha value is -0.660. The van der Waals surface area contributed by atoms with E-state index in [0.717, 1.165) is 3.57 Å². The summed E-state index contributed by atoms with van der Waals surface area (Å²) in [5, 5.41) is 26.9. The number of benzene rings is 1. The number of rotatable bonds is 3. The first-order chi connectivity index (χ1) is 6.52. The van der Waals surface area contributed by atoms with Crippen molar-refractivity contribution in [2.75, 3.05) is 0 Å². The topological polar surface area (TPSA) is 77.8 Å². The lowest BCUT2D eigenvalue weighted by Crippen LogP contribution is -2.27. The summed E-state index contributed by atoms with van der Waals surface area (Å²) in [6, 6.07) is 6.62. The van der Waals surface area contributed by atoms with Gasteiger partial charge in [0.25, 0.3) is 0 Å². The number of carboxylic acids is 1. The second-order valence-electron chi connectivity index (χ2n) is 2.78. The van der Waals surface area contributed by atoms with Crippen LogP contribution in [0.2, 0.25) is 0 Å². The fraction of sp³-hybridized carbons (Fsp3) is 0.222. The molecule has 0 heterocycles. The van der Waals surface area contributed by atoms with Gasteiger partial charge in [0, 0.05) is 3.57 Å². The quantitative estimate of drug-likeness (QED) is 0.721. The largest absolute Gasteiger partial charge is 0.479 e. The molecule has 0 aliphatic heterocycles. The summed E-state index contributed by atoms with van der Waals surface area (Å²) in [6.07, 6.45) is -3.17. The van der Waals surface area contributed by atoms with Crippen LogP contribution in [0.3, 0.4) is 0 Å². The molecule has 1 rings (SSSR count). The highest BCUT2D eigenvalue weighted by Crippen LogP contribution is 2.18. The monoisotopic (exact) mass is 308 g/mol. The fourth-order valence-electron chi connectivity index (χ4n) is 0.977. The zero-order valence-electron chi connectivity index (χ0n) is 7.09. The third-order valence-corrected chi connectivity index (χ3v) is 2.48. The van der Waals surface area contributed by atoms with Crippen LogP contribution < -0.4 is 0 Å². The van der Waals surface area contributed by atoms with E-state index >= 15 is 0 Å². The minimum atomic E-state index is -1.78. The molecule has 0 fully saturated rings. The zero-order chi connectivity index (χ0) is 10.7. The van der Waals surface area contributed by atoms with E-state index in [1.165, 1.54) is 0 Å². The first-order valence-corrected chi connectivity index (χ1v) is 4.94. The van der Waals surface area contributed by atoms with Crippen LogP contribution in [0.5, 0.6) is 0 Å². The predicted molar refractivity (Wildman–Crippen MR) is 57.8 cm³/mol. The smallest absolute Gasteiger partial charge is 0.335 e. The third-order valence-electron chi connectivity index (χ3n) is 1.76. The van der Waals surface area contributed by atoms with Gasteiger partial charge in [0.05, 0.1) is 0 Å². The lowest BCUT2D eigenvalue weighted by Gasteiger charge is -2.13. The lowest BCUT2D eigenvalue weighted by molar-refractivity contribution is -0.153. The maximum Gasteiger partial charge on any atom is 0.335 e. The molecule has 0 radical (unpaired) electrons. The summed E-state index contributed by atoms with van der Waals surface area (Å²) in [4.78, 5) is 10.4. The molecular formula is C9H9IO4. The van der Waals surface area contributed by atoms with Crippen molar-refractivity contribution in [2.45, 2.75) is 12.2 Å². The average molecular weight is 308 g/mol. The van der Waals surface area contributed by atoms with Crippen LogP contribution >= 0.6 is 22.6 Å². The minimum Gasteiger partial charge on any atom is -0.479 e. The second kappa shape index (κ2) is 4.72. The highest BCUT2D eigenvalue weighted by molar-refractivity contribution is 14.1. The van der Waals surface area contributed by atoms with E-state index < -0.39 is 18.2 Å². The molecule has 0 amide bonds. The van der Waals surface area contributed by atoms with Gasteiger partial charge in [-0.3, -0.25) is 0 Å². The SMILES string of the molecule is O=C(O)C(O)C(O)c1ccc(I)cc1. The normalized spacial score (nSPS) is 14.8. The molecular weight excluding hydrogens is 299 g/mol. The first kappa shape index (κ1) is 11.4. The van der Waals surface area contributed by atoms with E-state index in [2.05, 4.69) is 22.6 Å². The number of halogens is 1. The first-order valence-electron chi connectivity index (χ1n) is 3.87. The number of hydrogen-bond donors (Lipinski definition) is 3. The summed E-state index contributed by atoms with van der Waals surface area (Å²) >= 11 is 2.09. The van der Waals surface area contributed by atoms with Gasteiger partial charge in [0.2, 0.25) is 0 Å². The number of aliphatic hydroxyl groups is 2. The summed E-state index contributed by atoms with van der Waals surface area (Å²) in [5.41, 5.74) is 0.389. The van der Waals surface area contributed by atoms with Crippen molar-refractivity contribution in [3.05, 3.63) is 33.4 Å². The van der Waals surface area contributed by atoms with E-state index in [4.69, 9.17) is 10.2 Å². The molecule has 4 nitrogen and oxygen atoms in total. The van der Waals surface area contributed by atoms with Gasteiger partial charge in [-0.15, -0.1) is 0 Å². The number of aliphatic carboxylic acids is 1. The predicted octanol–water partition coefficient (Wildman–Crippen LogP) is 0.770. The Labute approximate surface area is 94.3 Å². The van der Waals surface area contributed by atoms with E-state index in [1.807, 2.05) is 0 Å². The highest BCUT2D eigenvalue weighted by Gasteiger charge is 2.24. The van der Waals surface area contributed by atoms with Crippen LogP contribution in [0.1, 0.15) is 11.7 Å². The van der Waals surface area contributed by atoms with Crippen LogP contribution in [-0.4, -0.2) is 27.4 Å². The molecule has 0 spiro atoms. The van der Waals surface area contributed by atoms with Gasteiger partial charge in [-0.1, -0.05) is 12.1 Å². The molecule has 0 aromatic heterocycles. The van der Waals surface area contributed by atoms with E-state index in [-0.39, 0.29) is 0 Å². The van der Waals surface area contributed by atoms with Gasteiger partial charge in [-0.25, -0.2) is 4.79 Å². The maximum absolute atomic E-state index is 10.4. The van der Waals surface area contributed by atoms with Gasteiger partial charge < -0.3 is 15.3 Å². The Morgan fingerprint density at radius 2 is 1.71 bits per heavy atom. The van der Waals surface area contributed by atoms with Gasteiger partial charge in [0.15, 0.2) is 6.10 Å². The molecule has 5 heteroatoms. The molecule has 0 saturated heterocycles. The van der Waals surface area contributed by atoms with Crippen molar-refractivity contribution in [3.8, 4) is 0 Å². The summed E-state index contributed by atoms with van der Waals surface area (Å²) in [6.45, 7) is 0. The van der Waals surface area contributed by atoms with Crippen molar-refractivity contribution in [3.63, 3.8) is 0 Å². The van der Waals surface area contributed by atoms with Gasteiger partial charge in [-0.2, -0.15) is 0 Å². The Morgan fingerprint density at radius 1 is 1.21 bits per heavy atom. The zero-order valence-corrected chi connectivity index (χ0v) is 9.25. The van der Waals surface area contributed by atoms with Crippen LogP contribution in [0, 0.1) is 3.57 Å². The van der Waals surface area contributed by atoms with Crippen molar-refractivity contribution < 1.29 is 20.1 Å². The molecule has 2 atom stereocenters. The number of aliphatic hydroxyl groups excluding tert-OH is 2. The van der Waals surface area contributed by atoms with Crippen molar-refractivity contribution in [2.24, 2.45) is 0 Å². The second-order valence-corrected chi connectivity index (χ2v) is 4.03. The van der Waals surface area contributed by atoms with Gasteiger partial charge >= 0.3 is 5.97 Å². The molecule has 3 N–H and O–H groups in total. The van der Waals surface area contributed by atoms with Crippen molar-refractivity contribution >= 4 is 28.6 Å². The Morgan fingerprint density at radius 3 is 2.14 bits per heavy atom. The molecule has 0 aliphatic carbocycles. The van der Waals surface area contributed by atoms with E-state index in [9.17, 15) is 9.90 Å².